The predicted octanol–water partition coefficient (Wildman–Crippen LogP) is 4.30. The third-order valence-electron chi connectivity index (χ3n) is 6.07. The molecule has 0 N–H and O–H groups in total. The lowest BCUT2D eigenvalue weighted by Crippen LogP contribution is -2.09. The van der Waals surface area contributed by atoms with Crippen molar-refractivity contribution in [1.82, 2.24) is 0 Å². The Morgan fingerprint density at radius 2 is 0.725 bits per heavy atom. The SMILES string of the molecule is C1=NCCOCCOCCN=Cc2cccc3c(cccc23)C=NCCOCCOCCN=Cc2ccc1cc2. The van der Waals surface area contributed by atoms with Crippen molar-refractivity contribution in [3.05, 3.63) is 82.9 Å². The van der Waals surface area contributed by atoms with Gasteiger partial charge in [0.1, 0.15) is 0 Å². The normalized spacial score (nSPS) is 17.5. The minimum absolute atomic E-state index is 0.538. The molecule has 0 amide bonds. The highest BCUT2D eigenvalue weighted by atomic mass is 16.5. The molecule has 0 fully saturated rings. The molecular formula is C32H38N4O4. The Labute approximate surface area is 236 Å². The zero-order chi connectivity index (χ0) is 27.5. The second kappa shape index (κ2) is 17.9. The molecule has 3 aromatic carbocycles. The fourth-order valence-corrected chi connectivity index (χ4v) is 4.03. The van der Waals surface area contributed by atoms with Crippen LogP contribution in [0.5, 0.6) is 0 Å². The van der Waals surface area contributed by atoms with Crippen LogP contribution in [0, 0.1) is 0 Å². The first-order valence-electron chi connectivity index (χ1n) is 13.8. The molecule has 2 aliphatic rings. The number of benzene rings is 3. The number of rotatable bonds is 0. The molecule has 0 radical (unpaired) electrons. The van der Waals surface area contributed by atoms with Crippen molar-refractivity contribution in [2.24, 2.45) is 20.0 Å². The van der Waals surface area contributed by atoms with E-state index in [-0.39, 0.29) is 0 Å². The van der Waals surface area contributed by atoms with Crippen LogP contribution in [0.15, 0.2) is 80.6 Å². The second-order valence-electron chi connectivity index (χ2n) is 9.05. The Hall–Kier alpha value is -3.56. The summed E-state index contributed by atoms with van der Waals surface area (Å²) in [6, 6.07) is 20.6. The highest BCUT2D eigenvalue weighted by Gasteiger charge is 2.02. The maximum atomic E-state index is 5.65. The van der Waals surface area contributed by atoms with Crippen LogP contribution in [0.25, 0.3) is 10.8 Å². The van der Waals surface area contributed by atoms with E-state index >= 15 is 0 Å². The molecule has 0 saturated heterocycles. The highest BCUT2D eigenvalue weighted by molar-refractivity contribution is 6.06. The molecule has 6 bridgehead atoms. The number of fused-ring (bicyclic) bond motifs is 20. The largest absolute Gasteiger partial charge is 0.377 e. The van der Waals surface area contributed by atoms with E-state index < -0.39 is 0 Å². The van der Waals surface area contributed by atoms with Gasteiger partial charge < -0.3 is 18.9 Å². The minimum atomic E-state index is 0.538. The maximum Gasteiger partial charge on any atom is 0.0701 e. The molecule has 5 rings (SSSR count). The topological polar surface area (TPSA) is 86.4 Å². The van der Waals surface area contributed by atoms with E-state index in [1.165, 1.54) is 0 Å². The number of hydrogen-bond acceptors (Lipinski definition) is 8. The second-order valence-corrected chi connectivity index (χ2v) is 9.05. The fraction of sp³-hybridized carbons (Fsp3) is 0.375. The van der Waals surface area contributed by atoms with Crippen molar-refractivity contribution < 1.29 is 18.9 Å². The average molecular weight is 543 g/mol. The number of hydrogen-bond donors (Lipinski definition) is 0. The zero-order valence-electron chi connectivity index (χ0n) is 23.0. The van der Waals surface area contributed by atoms with Crippen LogP contribution in [-0.2, 0) is 18.9 Å². The first kappa shape index (κ1) is 29.4. The van der Waals surface area contributed by atoms with E-state index in [4.69, 9.17) is 18.9 Å². The van der Waals surface area contributed by atoms with Crippen molar-refractivity contribution in [3.8, 4) is 0 Å². The third kappa shape index (κ3) is 10.5. The van der Waals surface area contributed by atoms with Crippen LogP contribution in [0.1, 0.15) is 22.3 Å². The Balaban J connectivity index is 1.30. The summed E-state index contributed by atoms with van der Waals surface area (Å²) < 4.78 is 22.5. The summed E-state index contributed by atoms with van der Waals surface area (Å²) >= 11 is 0. The predicted molar refractivity (Wildman–Crippen MR) is 164 cm³/mol. The van der Waals surface area contributed by atoms with Gasteiger partial charge in [-0.3, -0.25) is 20.0 Å². The summed E-state index contributed by atoms with van der Waals surface area (Å²) in [5.41, 5.74) is 4.25. The molecule has 8 nitrogen and oxygen atoms in total. The summed E-state index contributed by atoms with van der Waals surface area (Å²) in [4.78, 5) is 18.0. The van der Waals surface area contributed by atoms with Gasteiger partial charge in [-0.25, -0.2) is 0 Å². The number of nitrogens with zero attached hydrogens (tertiary/aromatic N) is 4. The van der Waals surface area contributed by atoms with Crippen LogP contribution < -0.4 is 0 Å². The van der Waals surface area contributed by atoms with E-state index in [0.29, 0.717) is 79.0 Å². The minimum Gasteiger partial charge on any atom is -0.377 e. The monoisotopic (exact) mass is 542 g/mol. The summed E-state index contributed by atoms with van der Waals surface area (Å²) in [6.45, 7) is 6.78. The number of aliphatic imine (C=N–C) groups is 4. The van der Waals surface area contributed by atoms with E-state index in [2.05, 4.69) is 56.4 Å². The van der Waals surface area contributed by atoms with E-state index in [0.717, 1.165) is 33.0 Å². The molecule has 2 heterocycles. The molecule has 0 atom stereocenters. The summed E-state index contributed by atoms with van der Waals surface area (Å²) in [7, 11) is 0. The first-order valence-corrected chi connectivity index (χ1v) is 13.8. The fourth-order valence-electron chi connectivity index (χ4n) is 4.03. The molecule has 0 spiro atoms. The van der Waals surface area contributed by atoms with Crippen LogP contribution in [0.4, 0.5) is 0 Å². The van der Waals surface area contributed by atoms with E-state index in [1.54, 1.807) is 0 Å². The summed E-state index contributed by atoms with van der Waals surface area (Å²) in [5.74, 6) is 0. The van der Waals surface area contributed by atoms with Crippen molar-refractivity contribution in [2.45, 2.75) is 0 Å². The molecule has 210 valence electrons. The zero-order valence-corrected chi connectivity index (χ0v) is 23.0. The van der Waals surface area contributed by atoms with Gasteiger partial charge >= 0.3 is 0 Å². The van der Waals surface area contributed by atoms with Crippen LogP contribution >= 0.6 is 0 Å². The quantitative estimate of drug-likeness (QED) is 0.397. The van der Waals surface area contributed by atoms with Gasteiger partial charge in [-0.2, -0.15) is 0 Å². The molecular weight excluding hydrogens is 504 g/mol. The molecule has 0 aliphatic carbocycles. The Kier molecular flexibility index (Phi) is 13.2. The first-order chi connectivity index (χ1) is 19.9. The van der Waals surface area contributed by atoms with Crippen molar-refractivity contribution in [3.63, 3.8) is 0 Å². The van der Waals surface area contributed by atoms with Crippen LogP contribution in [0.3, 0.4) is 0 Å². The Bertz CT molecular complexity index is 1170. The highest BCUT2D eigenvalue weighted by Crippen LogP contribution is 2.20. The molecule has 0 aromatic heterocycles. The molecule has 3 aromatic rings. The maximum absolute atomic E-state index is 5.65. The van der Waals surface area contributed by atoms with Crippen LogP contribution in [0.2, 0.25) is 0 Å². The summed E-state index contributed by atoms with van der Waals surface area (Å²) in [5, 5.41) is 2.29. The molecule has 2 aliphatic heterocycles. The molecule has 0 saturated carbocycles. The van der Waals surface area contributed by atoms with Crippen molar-refractivity contribution in [1.29, 1.82) is 0 Å². The van der Waals surface area contributed by atoms with Crippen molar-refractivity contribution >= 4 is 35.6 Å². The lowest BCUT2D eigenvalue weighted by Gasteiger charge is -2.06. The number of ether oxygens (including phenoxy) is 4. The van der Waals surface area contributed by atoms with E-state index in [9.17, 15) is 0 Å². The van der Waals surface area contributed by atoms with Gasteiger partial charge in [0, 0.05) is 36.0 Å². The Morgan fingerprint density at radius 1 is 0.375 bits per heavy atom. The van der Waals surface area contributed by atoms with Gasteiger partial charge in [0.15, 0.2) is 0 Å². The summed E-state index contributed by atoms with van der Waals surface area (Å²) in [6.07, 6.45) is 7.56. The van der Waals surface area contributed by atoms with Gasteiger partial charge in [0.05, 0.1) is 79.0 Å². The smallest absolute Gasteiger partial charge is 0.0701 e. The van der Waals surface area contributed by atoms with Gasteiger partial charge in [-0.1, -0.05) is 60.7 Å². The standard InChI is InChI=1S/C32H38N4O4/c1-3-29-25-35-13-17-39-21-19-37-15-11-33-23-27-7-9-28(10-8-27)24-34-12-16-38-20-22-40-18-14-36-26-30-4-2-6-32(29)31(30)5-1/h1-10,23-26H,11-22H2. The van der Waals surface area contributed by atoms with Gasteiger partial charge in [-0.15, -0.1) is 0 Å². The van der Waals surface area contributed by atoms with Gasteiger partial charge in [0.25, 0.3) is 0 Å². The van der Waals surface area contributed by atoms with Crippen molar-refractivity contribution in [2.75, 3.05) is 79.0 Å². The third-order valence-corrected chi connectivity index (χ3v) is 6.07. The lowest BCUT2D eigenvalue weighted by molar-refractivity contribution is 0.0541. The van der Waals surface area contributed by atoms with E-state index in [1.807, 2.05) is 49.1 Å². The van der Waals surface area contributed by atoms with Crippen LogP contribution in [-0.4, -0.2) is 104 Å². The molecule has 8 heteroatoms. The van der Waals surface area contributed by atoms with Gasteiger partial charge in [0.2, 0.25) is 0 Å². The van der Waals surface area contributed by atoms with Gasteiger partial charge in [-0.05, 0) is 21.9 Å². The molecule has 40 heavy (non-hydrogen) atoms. The average Bonchev–Trinajstić information content (AvgIpc) is 2.98. The Morgan fingerprint density at radius 3 is 1.10 bits per heavy atom. The lowest BCUT2D eigenvalue weighted by atomic mass is 10.0. The molecule has 0 unspecified atom stereocenters.